The summed E-state index contributed by atoms with van der Waals surface area (Å²) in [6.45, 7) is 7.69. The van der Waals surface area contributed by atoms with Gasteiger partial charge in [-0.1, -0.05) is 6.92 Å². The molecule has 0 aromatic heterocycles. The van der Waals surface area contributed by atoms with Crippen molar-refractivity contribution in [2.45, 2.75) is 33.3 Å². The van der Waals surface area contributed by atoms with Crippen molar-refractivity contribution in [2.75, 3.05) is 31.2 Å². The molecule has 0 aliphatic heterocycles. The number of rotatable bonds is 9. The molecule has 0 saturated heterocycles. The highest BCUT2D eigenvalue weighted by Crippen LogP contribution is 1.92. The van der Waals surface area contributed by atoms with Crippen LogP contribution in [0.4, 0.5) is 0 Å². The summed E-state index contributed by atoms with van der Waals surface area (Å²) in [5.74, 6) is 0.514. The van der Waals surface area contributed by atoms with Gasteiger partial charge in [-0.25, -0.2) is 8.42 Å². The average molecular weight is 237 g/mol. The van der Waals surface area contributed by atoms with Crippen molar-refractivity contribution in [2.24, 2.45) is 0 Å². The van der Waals surface area contributed by atoms with E-state index in [0.717, 1.165) is 0 Å². The molecule has 0 radical (unpaired) electrons. The Morgan fingerprint density at radius 2 is 1.87 bits per heavy atom. The molecule has 0 amide bonds. The van der Waals surface area contributed by atoms with Gasteiger partial charge in [0.15, 0.2) is 9.84 Å². The van der Waals surface area contributed by atoms with Crippen LogP contribution in [0.15, 0.2) is 0 Å². The lowest BCUT2D eigenvalue weighted by Crippen LogP contribution is -2.27. The minimum Gasteiger partial charge on any atom is -0.377 e. The molecule has 0 unspecified atom stereocenters. The molecule has 0 fully saturated rings. The van der Waals surface area contributed by atoms with Crippen LogP contribution in [0, 0.1) is 0 Å². The lowest BCUT2D eigenvalue weighted by Gasteiger charge is -2.08. The molecule has 0 aromatic rings. The van der Waals surface area contributed by atoms with E-state index in [1.807, 2.05) is 20.8 Å². The van der Waals surface area contributed by atoms with Crippen LogP contribution < -0.4 is 5.32 Å². The van der Waals surface area contributed by atoms with Crippen molar-refractivity contribution in [1.82, 2.24) is 5.32 Å². The summed E-state index contributed by atoms with van der Waals surface area (Å²) in [5.41, 5.74) is 0. The van der Waals surface area contributed by atoms with Crippen molar-refractivity contribution in [3.63, 3.8) is 0 Å². The van der Waals surface area contributed by atoms with Gasteiger partial charge in [0.1, 0.15) is 0 Å². The highest BCUT2D eigenvalue weighted by molar-refractivity contribution is 7.91. The Hall–Kier alpha value is -0.130. The van der Waals surface area contributed by atoms with Crippen LogP contribution in [0.3, 0.4) is 0 Å². The van der Waals surface area contributed by atoms with Crippen LogP contribution in [0.25, 0.3) is 0 Å². The van der Waals surface area contributed by atoms with E-state index in [1.54, 1.807) is 0 Å². The van der Waals surface area contributed by atoms with Crippen molar-refractivity contribution in [1.29, 1.82) is 0 Å². The summed E-state index contributed by atoms with van der Waals surface area (Å²) in [5, 5.41) is 3.05. The quantitative estimate of drug-likeness (QED) is 0.603. The normalized spacial score (nSPS) is 12.3. The molecule has 0 spiro atoms. The Morgan fingerprint density at radius 1 is 1.20 bits per heavy atom. The Labute approximate surface area is 93.3 Å². The first kappa shape index (κ1) is 14.9. The fourth-order valence-electron chi connectivity index (χ4n) is 1.13. The van der Waals surface area contributed by atoms with E-state index in [2.05, 4.69) is 5.32 Å². The fraction of sp³-hybridized carbons (Fsp3) is 1.00. The highest BCUT2D eigenvalue weighted by Gasteiger charge is 2.07. The minimum absolute atomic E-state index is 0.225. The zero-order valence-electron chi connectivity index (χ0n) is 9.95. The smallest absolute Gasteiger partial charge is 0.151 e. The second-order valence-corrected chi connectivity index (χ2v) is 6.13. The molecule has 0 bridgehead atoms. The van der Waals surface area contributed by atoms with E-state index in [4.69, 9.17) is 4.74 Å². The van der Waals surface area contributed by atoms with Crippen molar-refractivity contribution in [3.05, 3.63) is 0 Å². The number of hydrogen-bond donors (Lipinski definition) is 1. The molecule has 1 N–H and O–H groups in total. The van der Waals surface area contributed by atoms with Crippen LogP contribution in [-0.2, 0) is 14.6 Å². The third-order valence-electron chi connectivity index (χ3n) is 1.83. The Kier molecular flexibility index (Phi) is 8.00. The molecule has 92 valence electrons. The lowest BCUT2D eigenvalue weighted by molar-refractivity contribution is 0.0811. The summed E-state index contributed by atoms with van der Waals surface area (Å²) in [6.07, 6.45) is 0.925. The minimum atomic E-state index is -2.84. The predicted molar refractivity (Wildman–Crippen MR) is 62.9 cm³/mol. The third kappa shape index (κ3) is 10.2. The van der Waals surface area contributed by atoms with Gasteiger partial charge in [0.25, 0.3) is 0 Å². The van der Waals surface area contributed by atoms with Gasteiger partial charge in [0, 0.05) is 18.8 Å². The predicted octanol–water partition coefficient (Wildman–Crippen LogP) is 0.826. The van der Waals surface area contributed by atoms with Crippen LogP contribution in [0.1, 0.15) is 27.2 Å². The van der Waals surface area contributed by atoms with Crippen LogP contribution in [0.5, 0.6) is 0 Å². The van der Waals surface area contributed by atoms with Crippen molar-refractivity contribution in [3.8, 4) is 0 Å². The molecule has 5 heteroatoms. The summed E-state index contributed by atoms with van der Waals surface area (Å²) in [6, 6.07) is 0. The lowest BCUT2D eigenvalue weighted by atomic mass is 10.5. The molecule has 0 aromatic carbocycles. The highest BCUT2D eigenvalue weighted by atomic mass is 32.2. The monoisotopic (exact) mass is 237 g/mol. The Balaban J connectivity index is 3.38. The van der Waals surface area contributed by atoms with Gasteiger partial charge in [-0.15, -0.1) is 0 Å². The molecule has 4 nitrogen and oxygen atoms in total. The average Bonchev–Trinajstić information content (AvgIpc) is 2.10. The zero-order chi connectivity index (χ0) is 11.7. The number of sulfone groups is 1. The first-order chi connectivity index (χ1) is 6.98. The van der Waals surface area contributed by atoms with Crippen LogP contribution in [-0.4, -0.2) is 45.7 Å². The number of nitrogens with one attached hydrogen (secondary N) is 1. The fourth-order valence-corrected chi connectivity index (χ4v) is 2.41. The van der Waals surface area contributed by atoms with Crippen molar-refractivity contribution < 1.29 is 13.2 Å². The van der Waals surface area contributed by atoms with Crippen LogP contribution >= 0.6 is 0 Å². The molecule has 0 heterocycles. The standard InChI is InChI=1S/C10H23NO3S/c1-4-8-15(12,13)9-6-11-5-7-14-10(2)3/h10-11H,4-9H2,1-3H3. The molecule has 15 heavy (non-hydrogen) atoms. The molecule has 0 atom stereocenters. The topological polar surface area (TPSA) is 55.4 Å². The van der Waals surface area contributed by atoms with Gasteiger partial charge in [0.2, 0.25) is 0 Å². The Bertz CT molecular complexity index is 237. The Morgan fingerprint density at radius 3 is 2.40 bits per heavy atom. The maximum Gasteiger partial charge on any atom is 0.151 e. The van der Waals surface area contributed by atoms with Gasteiger partial charge < -0.3 is 10.1 Å². The molecule has 0 saturated carbocycles. The number of hydrogen-bond acceptors (Lipinski definition) is 4. The van der Waals surface area contributed by atoms with Gasteiger partial charge in [-0.3, -0.25) is 0 Å². The molecule has 0 aliphatic rings. The van der Waals surface area contributed by atoms with E-state index >= 15 is 0 Å². The van der Waals surface area contributed by atoms with E-state index in [9.17, 15) is 8.42 Å². The van der Waals surface area contributed by atoms with Crippen molar-refractivity contribution >= 4 is 9.84 Å². The maximum atomic E-state index is 11.3. The van der Waals surface area contributed by atoms with Crippen LogP contribution in [0.2, 0.25) is 0 Å². The van der Waals surface area contributed by atoms with E-state index in [0.29, 0.717) is 26.1 Å². The summed E-state index contributed by atoms with van der Waals surface area (Å²) >= 11 is 0. The molecule has 0 rings (SSSR count). The van der Waals surface area contributed by atoms with Gasteiger partial charge in [-0.05, 0) is 20.3 Å². The number of ether oxygens (including phenoxy) is 1. The summed E-state index contributed by atoms with van der Waals surface area (Å²) in [7, 11) is -2.84. The molecule has 0 aliphatic carbocycles. The molecular weight excluding hydrogens is 214 g/mol. The first-order valence-electron chi connectivity index (χ1n) is 5.50. The molecular formula is C10H23NO3S. The first-order valence-corrected chi connectivity index (χ1v) is 7.33. The zero-order valence-corrected chi connectivity index (χ0v) is 10.8. The SMILES string of the molecule is CCCS(=O)(=O)CCNCCOC(C)C. The second kappa shape index (κ2) is 8.07. The summed E-state index contributed by atoms with van der Waals surface area (Å²) < 4.78 is 27.9. The van der Waals surface area contributed by atoms with Gasteiger partial charge in [-0.2, -0.15) is 0 Å². The van der Waals surface area contributed by atoms with Gasteiger partial charge >= 0.3 is 0 Å². The van der Waals surface area contributed by atoms with Gasteiger partial charge in [0.05, 0.1) is 18.5 Å². The summed E-state index contributed by atoms with van der Waals surface area (Å²) in [4.78, 5) is 0. The van der Waals surface area contributed by atoms with E-state index < -0.39 is 9.84 Å². The third-order valence-corrected chi connectivity index (χ3v) is 3.69. The second-order valence-electron chi connectivity index (χ2n) is 3.82. The largest absolute Gasteiger partial charge is 0.377 e. The van der Waals surface area contributed by atoms with E-state index in [-0.39, 0.29) is 17.6 Å². The van der Waals surface area contributed by atoms with E-state index in [1.165, 1.54) is 0 Å². The maximum absolute atomic E-state index is 11.3.